The van der Waals surface area contributed by atoms with Crippen LogP contribution < -0.4 is 0 Å². The number of hydrogen-bond acceptors (Lipinski definition) is 11. The van der Waals surface area contributed by atoms with Crippen molar-refractivity contribution in [2.75, 3.05) is 132 Å². The number of alkyl halides is 1. The largest absolute Gasteiger partial charge is 0.463 e. The molecule has 0 aromatic carbocycles. The molecule has 0 amide bonds. The second kappa shape index (κ2) is 44.1. The van der Waals surface area contributed by atoms with Crippen molar-refractivity contribution in [3.63, 3.8) is 0 Å². The summed E-state index contributed by atoms with van der Waals surface area (Å²) in [4.78, 5) is 11.8. The molecule has 0 aromatic rings. The molecule has 11 nitrogen and oxygen atoms in total. The Kier molecular flexibility index (Phi) is 43.2. The van der Waals surface area contributed by atoms with Gasteiger partial charge in [-0.05, 0) is 6.42 Å². The van der Waals surface area contributed by atoms with Crippen LogP contribution in [0.2, 0.25) is 0 Å². The van der Waals surface area contributed by atoms with E-state index in [0.29, 0.717) is 119 Å². The Morgan fingerprint density at radius 1 is 0.354 bits per heavy atom. The van der Waals surface area contributed by atoms with Crippen molar-refractivity contribution in [1.29, 1.82) is 0 Å². The number of carbonyl (C=O) groups is 1. The monoisotopic (exact) mass is 698 g/mol. The lowest BCUT2D eigenvalue weighted by molar-refractivity contribution is -0.145. The third-order valence-electron chi connectivity index (χ3n) is 7.17. The zero-order chi connectivity index (χ0) is 34.7. The normalized spacial score (nSPS) is 11.5. The van der Waals surface area contributed by atoms with Crippen molar-refractivity contribution < 1.29 is 56.6 Å². The minimum absolute atomic E-state index is 0.113. The van der Waals surface area contributed by atoms with E-state index in [1.54, 1.807) is 0 Å². The minimum Gasteiger partial charge on any atom is -0.463 e. The van der Waals surface area contributed by atoms with Gasteiger partial charge in [-0.15, -0.1) is 0 Å². The van der Waals surface area contributed by atoms with Crippen molar-refractivity contribution in [2.24, 2.45) is 0 Å². The van der Waals surface area contributed by atoms with Crippen LogP contribution in [0.15, 0.2) is 0 Å². The maximum absolute atomic E-state index is 11.8. The lowest BCUT2D eigenvalue weighted by Gasteiger charge is -2.09. The molecule has 12 heteroatoms. The first-order valence-electron chi connectivity index (χ1n) is 18.7. The number of hydrogen-bond donors (Lipinski definition) is 0. The number of halogens is 1. The molecule has 0 rings (SSSR count). The van der Waals surface area contributed by atoms with Crippen LogP contribution in [0.25, 0.3) is 0 Å². The fourth-order valence-corrected chi connectivity index (χ4v) is 4.49. The molecule has 0 saturated heterocycles. The first-order valence-corrected chi connectivity index (χ1v) is 18.7. The molecule has 0 aliphatic carbocycles. The third kappa shape index (κ3) is 43.1. The first kappa shape index (κ1) is 47.0. The molecule has 0 unspecified atom stereocenters. The molecule has 0 aromatic heterocycles. The number of carbonyl (C=O) groups excluding carboxylic acids is 1. The Morgan fingerprint density at radius 3 is 0.896 bits per heavy atom. The summed E-state index contributed by atoms with van der Waals surface area (Å²) in [6, 6.07) is 0. The molecule has 0 heterocycles. The standard InChI is InChI=1S/C36H71FO11/c1-2-3-4-5-6-7-8-9-10-11-12-13-14-15-36(38)48-35-34-47-33-32-46-31-30-45-29-28-44-27-26-43-25-24-42-23-22-41-21-20-40-19-18-39-17-16-37/h2-35H2,1H3. The van der Waals surface area contributed by atoms with Crippen molar-refractivity contribution in [3.05, 3.63) is 0 Å². The van der Waals surface area contributed by atoms with Crippen molar-refractivity contribution in [2.45, 2.75) is 96.8 Å². The summed E-state index contributed by atoms with van der Waals surface area (Å²) in [7, 11) is 0. The number of ether oxygens (including phenoxy) is 10. The molecular formula is C36H71FO11. The van der Waals surface area contributed by atoms with Crippen LogP contribution in [0.3, 0.4) is 0 Å². The minimum atomic E-state index is -0.475. The predicted molar refractivity (Wildman–Crippen MR) is 185 cm³/mol. The van der Waals surface area contributed by atoms with E-state index in [4.69, 9.17) is 47.4 Å². The van der Waals surface area contributed by atoms with E-state index in [-0.39, 0.29) is 19.2 Å². The van der Waals surface area contributed by atoms with Crippen molar-refractivity contribution >= 4 is 5.97 Å². The van der Waals surface area contributed by atoms with Crippen molar-refractivity contribution in [3.8, 4) is 0 Å². The van der Waals surface area contributed by atoms with E-state index < -0.39 is 6.67 Å². The fraction of sp³-hybridized carbons (Fsp3) is 0.972. The van der Waals surface area contributed by atoms with E-state index in [0.717, 1.165) is 12.8 Å². The van der Waals surface area contributed by atoms with Gasteiger partial charge in [0, 0.05) is 6.42 Å². The molecule has 0 spiro atoms. The van der Waals surface area contributed by atoms with Crippen LogP contribution in [0.5, 0.6) is 0 Å². The maximum Gasteiger partial charge on any atom is 0.305 e. The van der Waals surface area contributed by atoms with Crippen LogP contribution in [0, 0.1) is 0 Å². The second-order valence-electron chi connectivity index (χ2n) is 11.4. The average molecular weight is 699 g/mol. The average Bonchev–Trinajstić information content (AvgIpc) is 3.09. The van der Waals surface area contributed by atoms with Gasteiger partial charge in [0.25, 0.3) is 0 Å². The van der Waals surface area contributed by atoms with Gasteiger partial charge < -0.3 is 47.4 Å². The predicted octanol–water partition coefficient (Wildman–Crippen LogP) is 6.13. The highest BCUT2D eigenvalue weighted by atomic mass is 19.1. The summed E-state index contributed by atoms with van der Waals surface area (Å²) in [5, 5.41) is 0. The van der Waals surface area contributed by atoms with Crippen molar-refractivity contribution in [1.82, 2.24) is 0 Å². The van der Waals surface area contributed by atoms with Gasteiger partial charge in [-0.25, -0.2) is 4.39 Å². The lowest BCUT2D eigenvalue weighted by Crippen LogP contribution is -2.15. The second-order valence-corrected chi connectivity index (χ2v) is 11.4. The van der Waals surface area contributed by atoms with E-state index in [2.05, 4.69) is 6.92 Å². The molecule has 0 bridgehead atoms. The lowest BCUT2D eigenvalue weighted by atomic mass is 10.0. The zero-order valence-electron chi connectivity index (χ0n) is 30.4. The van der Waals surface area contributed by atoms with E-state index >= 15 is 0 Å². The molecule has 0 saturated carbocycles. The summed E-state index contributed by atoms with van der Waals surface area (Å²) >= 11 is 0. The van der Waals surface area contributed by atoms with Crippen LogP contribution >= 0.6 is 0 Å². The molecule has 0 radical (unpaired) electrons. The Morgan fingerprint density at radius 2 is 0.604 bits per heavy atom. The van der Waals surface area contributed by atoms with Gasteiger partial charge in [0.1, 0.15) is 13.3 Å². The molecule has 0 aliphatic heterocycles. The molecule has 0 N–H and O–H groups in total. The molecule has 0 aliphatic rings. The summed E-state index contributed by atoms with van der Waals surface area (Å²) in [5.74, 6) is -0.134. The quantitative estimate of drug-likeness (QED) is 0.0542. The fourth-order valence-electron chi connectivity index (χ4n) is 4.49. The number of esters is 1. The van der Waals surface area contributed by atoms with Gasteiger partial charge in [0.05, 0.1) is 119 Å². The van der Waals surface area contributed by atoms with E-state index in [1.165, 1.54) is 70.6 Å². The van der Waals surface area contributed by atoms with Gasteiger partial charge in [-0.3, -0.25) is 4.79 Å². The summed E-state index contributed by atoms with van der Waals surface area (Å²) in [6.45, 7) is 10.2. The number of unbranched alkanes of at least 4 members (excludes halogenated alkanes) is 12. The number of rotatable bonds is 43. The zero-order valence-corrected chi connectivity index (χ0v) is 30.4. The smallest absolute Gasteiger partial charge is 0.305 e. The molecule has 48 heavy (non-hydrogen) atoms. The third-order valence-corrected chi connectivity index (χ3v) is 7.17. The summed E-state index contributed by atoms with van der Waals surface area (Å²) in [5.41, 5.74) is 0. The molecule has 0 fully saturated rings. The maximum atomic E-state index is 11.8. The van der Waals surface area contributed by atoms with E-state index in [1.807, 2.05) is 0 Å². The van der Waals surface area contributed by atoms with Crippen LogP contribution in [0.1, 0.15) is 96.8 Å². The van der Waals surface area contributed by atoms with Gasteiger partial charge in [-0.2, -0.15) is 0 Å². The SMILES string of the molecule is CCCCCCCCCCCCCCCC(=O)OCCOCCOCCOCCOCCOCCOCCOCCOCCOCCF. The topological polar surface area (TPSA) is 109 Å². The van der Waals surface area contributed by atoms with Crippen LogP contribution in [0.4, 0.5) is 4.39 Å². The van der Waals surface area contributed by atoms with Crippen LogP contribution in [-0.4, -0.2) is 138 Å². The molecule has 0 atom stereocenters. The van der Waals surface area contributed by atoms with Gasteiger partial charge >= 0.3 is 5.97 Å². The first-order chi connectivity index (χ1) is 23.8. The highest BCUT2D eigenvalue weighted by Crippen LogP contribution is 2.13. The Hall–Kier alpha value is -0.960. The molecule has 288 valence electrons. The highest BCUT2D eigenvalue weighted by Gasteiger charge is 2.03. The van der Waals surface area contributed by atoms with E-state index in [9.17, 15) is 9.18 Å². The highest BCUT2D eigenvalue weighted by molar-refractivity contribution is 5.69. The van der Waals surface area contributed by atoms with Crippen LogP contribution in [-0.2, 0) is 52.2 Å². The molecular weight excluding hydrogens is 627 g/mol. The summed E-state index contributed by atoms with van der Waals surface area (Å²) < 4.78 is 65.5. The van der Waals surface area contributed by atoms with Gasteiger partial charge in [0.15, 0.2) is 0 Å². The Bertz CT molecular complexity index is 604. The Labute approximate surface area is 291 Å². The van der Waals surface area contributed by atoms with Gasteiger partial charge in [0.2, 0.25) is 0 Å². The summed E-state index contributed by atoms with van der Waals surface area (Å²) in [6.07, 6.45) is 17.3. The van der Waals surface area contributed by atoms with Gasteiger partial charge in [-0.1, -0.05) is 84.0 Å². The Balaban J connectivity index is 3.12.